The average Bonchev–Trinajstić information content (AvgIpc) is 2.58. The Kier molecular flexibility index (Phi) is 5.31. The van der Waals surface area contributed by atoms with Crippen LogP contribution >= 0.6 is 23.2 Å². The summed E-state index contributed by atoms with van der Waals surface area (Å²) < 4.78 is 11.3. The van der Waals surface area contributed by atoms with Gasteiger partial charge in [-0.15, -0.1) is 0 Å². The molecule has 0 aliphatic carbocycles. The Morgan fingerprint density at radius 2 is 1.72 bits per heavy atom. The van der Waals surface area contributed by atoms with Gasteiger partial charge in [-0.25, -0.2) is 0 Å². The van der Waals surface area contributed by atoms with Crippen molar-refractivity contribution < 1.29 is 19.1 Å². The van der Waals surface area contributed by atoms with Crippen molar-refractivity contribution in [1.82, 2.24) is 5.32 Å². The Hall–Kier alpha value is -2.44. The van der Waals surface area contributed by atoms with Crippen molar-refractivity contribution in [1.29, 1.82) is 0 Å². The Balaban J connectivity index is 1.51. The van der Waals surface area contributed by atoms with Crippen molar-refractivity contribution in [3.63, 3.8) is 0 Å². The molecule has 130 valence electrons. The van der Waals surface area contributed by atoms with E-state index in [0.717, 1.165) is 0 Å². The summed E-state index contributed by atoms with van der Waals surface area (Å²) in [5.41, 5.74) is 0.337. The van der Waals surface area contributed by atoms with E-state index in [1.807, 2.05) is 12.1 Å². The van der Waals surface area contributed by atoms with Crippen LogP contribution in [-0.4, -0.2) is 31.1 Å². The first-order valence-corrected chi connectivity index (χ1v) is 8.20. The van der Waals surface area contributed by atoms with Gasteiger partial charge in [0.2, 0.25) is 0 Å². The molecular weight excluding hydrogens is 367 g/mol. The Bertz CT molecular complexity index is 793. The molecule has 1 atom stereocenters. The number of para-hydroxylation sites is 2. The van der Waals surface area contributed by atoms with Gasteiger partial charge in [0.05, 0.1) is 6.54 Å². The van der Waals surface area contributed by atoms with Crippen LogP contribution in [0.1, 0.15) is 0 Å². The maximum atomic E-state index is 11.9. The van der Waals surface area contributed by atoms with E-state index in [4.69, 9.17) is 32.7 Å². The number of anilines is 1. The summed E-state index contributed by atoms with van der Waals surface area (Å²) in [4.78, 5) is 23.8. The molecule has 8 heteroatoms. The molecule has 0 radical (unpaired) electrons. The zero-order chi connectivity index (χ0) is 17.8. The van der Waals surface area contributed by atoms with Gasteiger partial charge in [-0.2, -0.15) is 0 Å². The lowest BCUT2D eigenvalue weighted by Crippen LogP contribution is -2.44. The molecule has 0 bridgehead atoms. The van der Waals surface area contributed by atoms with E-state index < -0.39 is 11.8 Å². The average molecular weight is 381 g/mol. The summed E-state index contributed by atoms with van der Waals surface area (Å²) in [5.74, 6) is -0.360. The van der Waals surface area contributed by atoms with E-state index in [-0.39, 0.29) is 19.3 Å². The van der Waals surface area contributed by atoms with Gasteiger partial charge in [0, 0.05) is 15.7 Å². The van der Waals surface area contributed by atoms with Crippen LogP contribution in [0.4, 0.5) is 5.69 Å². The number of benzene rings is 2. The second kappa shape index (κ2) is 7.63. The van der Waals surface area contributed by atoms with Gasteiger partial charge in [-0.05, 0) is 30.3 Å². The summed E-state index contributed by atoms with van der Waals surface area (Å²) in [5, 5.41) is 5.66. The van der Waals surface area contributed by atoms with Crippen LogP contribution in [0, 0.1) is 0 Å². The normalized spacial score (nSPS) is 15.4. The van der Waals surface area contributed by atoms with E-state index in [1.165, 1.54) is 18.2 Å². The number of carbonyl (C=O) groups excluding carboxylic acids is 2. The number of rotatable bonds is 3. The highest BCUT2D eigenvalue weighted by atomic mass is 35.5. The SMILES string of the molecule is O=C(NCC1COc2ccccc2O1)C(=O)Nc1cc(Cl)cc(Cl)c1. The fourth-order valence-electron chi connectivity index (χ4n) is 2.26. The van der Waals surface area contributed by atoms with E-state index in [1.54, 1.807) is 12.1 Å². The molecule has 2 N–H and O–H groups in total. The number of carbonyl (C=O) groups is 2. The van der Waals surface area contributed by atoms with Crippen LogP contribution < -0.4 is 20.1 Å². The number of ether oxygens (including phenoxy) is 2. The maximum absolute atomic E-state index is 11.9. The van der Waals surface area contributed by atoms with Crippen molar-refractivity contribution >= 4 is 40.7 Å². The minimum Gasteiger partial charge on any atom is -0.486 e. The molecule has 1 aliphatic rings. The van der Waals surface area contributed by atoms with Gasteiger partial charge in [0.15, 0.2) is 11.5 Å². The number of amides is 2. The molecule has 6 nitrogen and oxygen atoms in total. The summed E-state index contributed by atoms with van der Waals surface area (Å²) in [6, 6.07) is 11.8. The summed E-state index contributed by atoms with van der Waals surface area (Å²) in [6.45, 7) is 0.416. The molecule has 0 saturated carbocycles. The van der Waals surface area contributed by atoms with Crippen LogP contribution in [0.5, 0.6) is 11.5 Å². The highest BCUT2D eigenvalue weighted by Crippen LogP contribution is 2.30. The third kappa shape index (κ3) is 4.55. The van der Waals surface area contributed by atoms with Gasteiger partial charge in [-0.3, -0.25) is 9.59 Å². The zero-order valence-electron chi connectivity index (χ0n) is 12.9. The van der Waals surface area contributed by atoms with Crippen LogP contribution in [0.25, 0.3) is 0 Å². The second-order valence-electron chi connectivity index (χ2n) is 5.32. The van der Waals surface area contributed by atoms with Crippen molar-refractivity contribution in [2.24, 2.45) is 0 Å². The molecular formula is C17H14Cl2N2O4. The predicted octanol–water partition coefficient (Wildman–Crippen LogP) is 2.89. The van der Waals surface area contributed by atoms with Gasteiger partial charge < -0.3 is 20.1 Å². The zero-order valence-corrected chi connectivity index (χ0v) is 14.4. The first kappa shape index (κ1) is 17.4. The fraction of sp³-hybridized carbons (Fsp3) is 0.176. The Morgan fingerprint density at radius 1 is 1.04 bits per heavy atom. The lowest BCUT2D eigenvalue weighted by atomic mass is 10.2. The van der Waals surface area contributed by atoms with Crippen LogP contribution in [0.2, 0.25) is 10.0 Å². The van der Waals surface area contributed by atoms with Gasteiger partial charge in [-0.1, -0.05) is 35.3 Å². The number of fused-ring (bicyclic) bond motifs is 1. The molecule has 1 unspecified atom stereocenters. The van der Waals surface area contributed by atoms with Gasteiger partial charge >= 0.3 is 11.8 Å². The second-order valence-corrected chi connectivity index (χ2v) is 6.19. The van der Waals surface area contributed by atoms with Crippen LogP contribution in [-0.2, 0) is 9.59 Å². The van der Waals surface area contributed by atoms with E-state index in [0.29, 0.717) is 27.2 Å². The summed E-state index contributed by atoms with van der Waals surface area (Å²) in [7, 11) is 0. The fourth-order valence-corrected chi connectivity index (χ4v) is 2.79. The molecule has 2 aromatic carbocycles. The number of hydrogen-bond acceptors (Lipinski definition) is 4. The first-order valence-electron chi connectivity index (χ1n) is 7.45. The van der Waals surface area contributed by atoms with Gasteiger partial charge in [0.25, 0.3) is 0 Å². The molecule has 0 fully saturated rings. The monoisotopic (exact) mass is 380 g/mol. The molecule has 2 aromatic rings. The molecule has 0 aromatic heterocycles. The number of halogens is 2. The predicted molar refractivity (Wildman–Crippen MR) is 94.5 cm³/mol. The third-order valence-corrected chi connectivity index (χ3v) is 3.82. The smallest absolute Gasteiger partial charge is 0.313 e. The molecule has 3 rings (SSSR count). The number of hydrogen-bond donors (Lipinski definition) is 2. The van der Waals surface area contributed by atoms with Crippen molar-refractivity contribution in [2.75, 3.05) is 18.5 Å². The van der Waals surface area contributed by atoms with Crippen molar-refractivity contribution in [3.8, 4) is 11.5 Å². The Morgan fingerprint density at radius 3 is 2.44 bits per heavy atom. The highest BCUT2D eigenvalue weighted by molar-refractivity contribution is 6.40. The van der Waals surface area contributed by atoms with E-state index in [2.05, 4.69) is 10.6 Å². The Labute approximate surface area is 154 Å². The molecule has 1 aliphatic heterocycles. The molecule has 2 amide bonds. The highest BCUT2D eigenvalue weighted by Gasteiger charge is 2.22. The summed E-state index contributed by atoms with van der Waals surface area (Å²) in [6.07, 6.45) is -0.382. The van der Waals surface area contributed by atoms with Crippen molar-refractivity contribution in [2.45, 2.75) is 6.10 Å². The standard InChI is InChI=1S/C17H14Cl2N2O4/c18-10-5-11(19)7-12(6-10)21-17(23)16(22)20-8-13-9-24-14-3-1-2-4-15(14)25-13/h1-7,13H,8-9H2,(H,20,22)(H,21,23). The topological polar surface area (TPSA) is 76.7 Å². The molecule has 0 saturated heterocycles. The first-order chi connectivity index (χ1) is 12.0. The van der Waals surface area contributed by atoms with E-state index in [9.17, 15) is 9.59 Å². The van der Waals surface area contributed by atoms with Crippen LogP contribution in [0.15, 0.2) is 42.5 Å². The van der Waals surface area contributed by atoms with Gasteiger partial charge in [0.1, 0.15) is 12.7 Å². The molecule has 25 heavy (non-hydrogen) atoms. The van der Waals surface area contributed by atoms with Crippen molar-refractivity contribution in [3.05, 3.63) is 52.5 Å². The minimum atomic E-state index is -0.824. The largest absolute Gasteiger partial charge is 0.486 e. The maximum Gasteiger partial charge on any atom is 0.313 e. The van der Waals surface area contributed by atoms with Crippen LogP contribution in [0.3, 0.4) is 0 Å². The van der Waals surface area contributed by atoms with E-state index >= 15 is 0 Å². The lowest BCUT2D eigenvalue weighted by molar-refractivity contribution is -0.136. The quantitative estimate of drug-likeness (QED) is 0.802. The number of nitrogens with one attached hydrogen (secondary N) is 2. The third-order valence-electron chi connectivity index (χ3n) is 3.38. The molecule has 0 spiro atoms. The minimum absolute atomic E-state index is 0.136. The summed E-state index contributed by atoms with van der Waals surface area (Å²) >= 11 is 11.7. The molecule has 1 heterocycles. The lowest BCUT2D eigenvalue weighted by Gasteiger charge is -2.26.